The third kappa shape index (κ3) is 4.63. The lowest BCUT2D eigenvalue weighted by Crippen LogP contribution is -2.15. The zero-order valence-corrected chi connectivity index (χ0v) is 15.7. The Kier molecular flexibility index (Phi) is 6.42. The third-order valence-corrected chi connectivity index (χ3v) is 4.35. The lowest BCUT2D eigenvalue weighted by atomic mass is 10.1. The van der Waals surface area contributed by atoms with Crippen LogP contribution in [0.15, 0.2) is 29.2 Å². The van der Waals surface area contributed by atoms with E-state index in [1.165, 1.54) is 6.07 Å². The Morgan fingerprint density at radius 2 is 1.85 bits per heavy atom. The van der Waals surface area contributed by atoms with E-state index in [0.717, 1.165) is 0 Å². The minimum atomic E-state index is -2.60. The fourth-order valence-electron chi connectivity index (χ4n) is 2.51. The minimum Gasteiger partial charge on any atom is -0.459 e. The van der Waals surface area contributed by atoms with Crippen LogP contribution in [0.1, 0.15) is 46.0 Å². The van der Waals surface area contributed by atoms with E-state index in [2.05, 4.69) is 10.3 Å². The second kappa shape index (κ2) is 8.35. The summed E-state index contributed by atoms with van der Waals surface area (Å²) in [5.74, 6) is -3.63. The molecular weight excluding hydrogens is 362 g/mol. The fourth-order valence-corrected chi connectivity index (χ4v) is 3.10. The van der Waals surface area contributed by atoms with Gasteiger partial charge in [-0.05, 0) is 45.4 Å². The molecule has 1 aromatic carbocycles. The average molecular weight is 382 g/mol. The van der Waals surface area contributed by atoms with Crippen molar-refractivity contribution in [2.45, 2.75) is 44.5 Å². The number of thioether (sulfide) groups is 1. The maximum atomic E-state index is 12.7. The number of carbonyl (C=O) groups is 2. The number of alkyl halides is 2. The first-order valence-corrected chi connectivity index (χ1v) is 8.84. The highest BCUT2D eigenvalue weighted by atomic mass is 32.2. The lowest BCUT2D eigenvalue weighted by Gasteiger charge is -2.10. The topological polar surface area (TPSA) is 71.2 Å². The average Bonchev–Trinajstić information content (AvgIpc) is 2.83. The van der Waals surface area contributed by atoms with Gasteiger partial charge in [-0.3, -0.25) is 4.79 Å². The monoisotopic (exact) mass is 382 g/mol. The highest BCUT2D eigenvalue weighted by molar-refractivity contribution is 7.99. The maximum absolute atomic E-state index is 12.7. The number of amides is 1. The zero-order valence-electron chi connectivity index (χ0n) is 14.9. The van der Waals surface area contributed by atoms with Crippen LogP contribution in [-0.4, -0.2) is 28.7 Å². The van der Waals surface area contributed by atoms with Crippen molar-refractivity contribution in [2.75, 3.05) is 5.32 Å². The Morgan fingerprint density at radius 3 is 2.46 bits per heavy atom. The van der Waals surface area contributed by atoms with Crippen LogP contribution in [-0.2, 0) is 4.74 Å². The SMILES string of the molecule is Cc1[nH]c(C(=O)Nc2ccccc2SC(F)F)c(C)c1C(=O)OC(C)C. The first-order chi connectivity index (χ1) is 12.2. The van der Waals surface area contributed by atoms with Crippen molar-refractivity contribution in [3.8, 4) is 0 Å². The van der Waals surface area contributed by atoms with Crippen molar-refractivity contribution < 1.29 is 23.1 Å². The predicted octanol–water partition coefficient (Wildman–Crippen LogP) is 4.76. The molecule has 0 saturated heterocycles. The standard InChI is InChI=1S/C18H20F2N2O3S/c1-9(2)25-17(24)14-10(3)15(21-11(14)4)16(23)22-12-7-5-6-8-13(12)26-18(19)20/h5-9,18,21H,1-4H3,(H,22,23). The Hall–Kier alpha value is -2.35. The van der Waals surface area contributed by atoms with Gasteiger partial charge in [0, 0.05) is 10.6 Å². The molecule has 0 radical (unpaired) electrons. The zero-order chi connectivity index (χ0) is 19.4. The van der Waals surface area contributed by atoms with Crippen LogP contribution in [0.25, 0.3) is 0 Å². The van der Waals surface area contributed by atoms with Crippen LogP contribution in [0.2, 0.25) is 0 Å². The molecule has 0 spiro atoms. The number of ether oxygens (including phenoxy) is 1. The molecular formula is C18H20F2N2O3S. The van der Waals surface area contributed by atoms with Gasteiger partial charge in [0.1, 0.15) is 5.69 Å². The van der Waals surface area contributed by atoms with Gasteiger partial charge >= 0.3 is 5.97 Å². The van der Waals surface area contributed by atoms with Crippen molar-refractivity contribution in [2.24, 2.45) is 0 Å². The van der Waals surface area contributed by atoms with Gasteiger partial charge in [-0.2, -0.15) is 8.78 Å². The second-order valence-corrected chi connectivity index (χ2v) is 6.94. The van der Waals surface area contributed by atoms with Crippen molar-refractivity contribution in [1.29, 1.82) is 0 Å². The van der Waals surface area contributed by atoms with Crippen molar-refractivity contribution in [3.63, 3.8) is 0 Å². The van der Waals surface area contributed by atoms with Gasteiger partial charge in [-0.15, -0.1) is 0 Å². The Morgan fingerprint density at radius 1 is 1.19 bits per heavy atom. The molecule has 26 heavy (non-hydrogen) atoms. The largest absolute Gasteiger partial charge is 0.459 e. The van der Waals surface area contributed by atoms with Crippen LogP contribution >= 0.6 is 11.8 Å². The number of aromatic amines is 1. The number of anilines is 1. The summed E-state index contributed by atoms with van der Waals surface area (Å²) < 4.78 is 30.5. The molecule has 0 aliphatic heterocycles. The molecule has 1 amide bonds. The number of hydrogen-bond acceptors (Lipinski definition) is 4. The summed E-state index contributed by atoms with van der Waals surface area (Å²) in [6, 6.07) is 6.31. The smallest absolute Gasteiger partial charge is 0.340 e. The first-order valence-electron chi connectivity index (χ1n) is 7.96. The van der Waals surface area contributed by atoms with E-state index in [-0.39, 0.29) is 22.4 Å². The summed E-state index contributed by atoms with van der Waals surface area (Å²) in [5, 5.41) is 2.62. The lowest BCUT2D eigenvalue weighted by molar-refractivity contribution is 0.0376. The number of halogens is 2. The molecule has 1 aromatic heterocycles. The van der Waals surface area contributed by atoms with Gasteiger partial charge in [0.2, 0.25) is 0 Å². The first kappa shape index (κ1) is 20.0. The highest BCUT2D eigenvalue weighted by Gasteiger charge is 2.24. The number of aryl methyl sites for hydroxylation is 1. The molecule has 1 heterocycles. The van der Waals surface area contributed by atoms with Crippen LogP contribution < -0.4 is 5.32 Å². The van der Waals surface area contributed by atoms with Gasteiger partial charge in [0.15, 0.2) is 0 Å². The van der Waals surface area contributed by atoms with E-state index in [0.29, 0.717) is 28.6 Å². The van der Waals surface area contributed by atoms with Crippen molar-refractivity contribution >= 4 is 29.3 Å². The van der Waals surface area contributed by atoms with E-state index in [1.54, 1.807) is 45.9 Å². The number of hydrogen-bond donors (Lipinski definition) is 2. The van der Waals surface area contributed by atoms with Crippen LogP contribution in [0.3, 0.4) is 0 Å². The second-order valence-electron chi connectivity index (χ2n) is 5.91. The van der Waals surface area contributed by atoms with Gasteiger partial charge in [0.05, 0.1) is 17.4 Å². The summed E-state index contributed by atoms with van der Waals surface area (Å²) in [7, 11) is 0. The molecule has 8 heteroatoms. The number of para-hydroxylation sites is 1. The quantitative estimate of drug-likeness (QED) is 0.558. The van der Waals surface area contributed by atoms with E-state index < -0.39 is 17.6 Å². The molecule has 2 aromatic rings. The number of H-pyrrole nitrogens is 1. The van der Waals surface area contributed by atoms with E-state index >= 15 is 0 Å². The molecule has 5 nitrogen and oxygen atoms in total. The number of esters is 1. The summed E-state index contributed by atoms with van der Waals surface area (Å²) in [6.45, 7) is 6.78. The van der Waals surface area contributed by atoms with Gasteiger partial charge in [-0.25, -0.2) is 4.79 Å². The number of rotatable bonds is 6. The molecule has 0 aliphatic rings. The molecule has 0 unspecified atom stereocenters. The number of carbonyl (C=O) groups excluding carboxylic acids is 2. The molecule has 140 valence electrons. The molecule has 0 bridgehead atoms. The molecule has 0 saturated carbocycles. The Bertz CT molecular complexity index is 819. The third-order valence-electron chi connectivity index (χ3n) is 3.56. The molecule has 0 fully saturated rings. The van der Waals surface area contributed by atoms with Gasteiger partial charge in [0.25, 0.3) is 11.7 Å². The number of nitrogens with one attached hydrogen (secondary N) is 2. The summed E-state index contributed by atoms with van der Waals surface area (Å²) in [5.41, 5.74) is 1.73. The molecule has 0 aliphatic carbocycles. The van der Waals surface area contributed by atoms with E-state index in [9.17, 15) is 18.4 Å². The predicted molar refractivity (Wildman–Crippen MR) is 97.1 cm³/mol. The highest BCUT2D eigenvalue weighted by Crippen LogP contribution is 2.32. The fraction of sp³-hybridized carbons (Fsp3) is 0.333. The Balaban J connectivity index is 2.28. The van der Waals surface area contributed by atoms with Gasteiger partial charge < -0.3 is 15.0 Å². The van der Waals surface area contributed by atoms with Crippen LogP contribution in [0.4, 0.5) is 14.5 Å². The summed E-state index contributed by atoms with van der Waals surface area (Å²) >= 11 is 0.354. The summed E-state index contributed by atoms with van der Waals surface area (Å²) in [4.78, 5) is 27.9. The summed E-state index contributed by atoms with van der Waals surface area (Å²) in [6.07, 6.45) is -0.285. The Labute approximate surface area is 154 Å². The van der Waals surface area contributed by atoms with Crippen molar-refractivity contribution in [1.82, 2.24) is 4.98 Å². The van der Waals surface area contributed by atoms with Crippen LogP contribution in [0, 0.1) is 13.8 Å². The number of benzene rings is 1. The van der Waals surface area contributed by atoms with E-state index in [4.69, 9.17) is 4.74 Å². The van der Waals surface area contributed by atoms with Crippen molar-refractivity contribution in [3.05, 3.63) is 46.8 Å². The normalized spacial score (nSPS) is 11.1. The van der Waals surface area contributed by atoms with E-state index in [1.807, 2.05) is 0 Å². The maximum Gasteiger partial charge on any atom is 0.340 e. The molecule has 2 rings (SSSR count). The number of aromatic nitrogens is 1. The molecule has 2 N–H and O–H groups in total. The minimum absolute atomic E-state index is 0.190. The van der Waals surface area contributed by atoms with Crippen LogP contribution in [0.5, 0.6) is 0 Å². The molecule has 0 atom stereocenters. The van der Waals surface area contributed by atoms with Gasteiger partial charge in [-0.1, -0.05) is 23.9 Å².